The Labute approximate surface area is 151 Å². The van der Waals surface area contributed by atoms with Gasteiger partial charge in [-0.3, -0.25) is 0 Å². The smallest absolute Gasteiger partial charge is 0.343 e. The van der Waals surface area contributed by atoms with Crippen LogP contribution in [0.1, 0.15) is 50.5 Å². The van der Waals surface area contributed by atoms with Crippen LogP contribution in [0.4, 0.5) is 0 Å². The highest BCUT2D eigenvalue weighted by Crippen LogP contribution is 2.40. The third-order valence-electron chi connectivity index (χ3n) is 6.11. The SMILES string of the molecule is C[N+]1(C)CCC(OC(=O)[C@](O)(c2ccccc2)C2CCCCC2)CC1. The molecule has 1 atom stereocenters. The Kier molecular flexibility index (Phi) is 5.49. The van der Waals surface area contributed by atoms with E-state index in [1.807, 2.05) is 30.3 Å². The molecule has 25 heavy (non-hydrogen) atoms. The van der Waals surface area contributed by atoms with E-state index in [2.05, 4.69) is 14.1 Å². The van der Waals surface area contributed by atoms with Crippen LogP contribution in [0.25, 0.3) is 0 Å². The average Bonchev–Trinajstić information content (AvgIpc) is 2.64. The molecule has 0 spiro atoms. The van der Waals surface area contributed by atoms with Gasteiger partial charge >= 0.3 is 5.97 Å². The molecule has 4 heteroatoms. The largest absolute Gasteiger partial charge is 0.460 e. The van der Waals surface area contributed by atoms with E-state index in [1.165, 1.54) is 6.42 Å². The zero-order valence-corrected chi connectivity index (χ0v) is 15.6. The summed E-state index contributed by atoms with van der Waals surface area (Å²) in [7, 11) is 4.42. The monoisotopic (exact) mass is 346 g/mol. The lowest BCUT2D eigenvalue weighted by molar-refractivity contribution is -0.896. The fraction of sp³-hybridized carbons (Fsp3) is 0.667. The van der Waals surface area contributed by atoms with Gasteiger partial charge in [-0.15, -0.1) is 0 Å². The zero-order valence-electron chi connectivity index (χ0n) is 15.6. The Morgan fingerprint density at radius 1 is 1.04 bits per heavy atom. The first-order valence-corrected chi connectivity index (χ1v) is 9.73. The Bertz CT molecular complexity index is 570. The highest BCUT2D eigenvalue weighted by atomic mass is 16.6. The highest BCUT2D eigenvalue weighted by Gasteiger charge is 2.48. The summed E-state index contributed by atoms with van der Waals surface area (Å²) in [5, 5.41) is 11.5. The van der Waals surface area contributed by atoms with Crippen molar-refractivity contribution in [2.24, 2.45) is 5.92 Å². The molecule has 1 saturated carbocycles. The number of benzene rings is 1. The molecule has 2 fully saturated rings. The van der Waals surface area contributed by atoms with Gasteiger partial charge in [-0.1, -0.05) is 49.6 Å². The van der Waals surface area contributed by atoms with Gasteiger partial charge in [-0.2, -0.15) is 0 Å². The van der Waals surface area contributed by atoms with Gasteiger partial charge in [0.25, 0.3) is 0 Å². The molecular weight excluding hydrogens is 314 g/mol. The lowest BCUT2D eigenvalue weighted by Crippen LogP contribution is -2.51. The topological polar surface area (TPSA) is 46.5 Å². The number of carbonyl (C=O) groups excluding carboxylic acids is 1. The number of carbonyl (C=O) groups is 1. The third kappa shape index (κ3) is 4.06. The standard InChI is InChI=1S/C21H32NO3/c1-22(2)15-13-19(14-16-22)25-20(23)21(24,17-9-5-3-6-10-17)18-11-7-4-8-12-18/h3,5-6,9-10,18-19,24H,4,7-8,11-16H2,1-2H3/q+1/t21-/m0/s1. The van der Waals surface area contributed by atoms with Crippen LogP contribution in [0.3, 0.4) is 0 Å². The molecule has 2 aliphatic rings. The molecule has 1 N–H and O–H groups in total. The van der Waals surface area contributed by atoms with Crippen LogP contribution in [0.2, 0.25) is 0 Å². The van der Waals surface area contributed by atoms with E-state index in [-0.39, 0.29) is 12.0 Å². The van der Waals surface area contributed by atoms with Gasteiger partial charge in [-0.05, 0) is 18.4 Å². The maximum absolute atomic E-state index is 13.1. The van der Waals surface area contributed by atoms with Crippen LogP contribution in [-0.4, -0.2) is 48.8 Å². The fourth-order valence-electron chi connectivity index (χ4n) is 4.33. The summed E-state index contributed by atoms with van der Waals surface area (Å²) in [6, 6.07) is 9.40. The van der Waals surface area contributed by atoms with Gasteiger partial charge in [0.1, 0.15) is 6.10 Å². The normalized spacial score (nSPS) is 24.4. The van der Waals surface area contributed by atoms with Crippen LogP contribution in [0, 0.1) is 5.92 Å². The Hall–Kier alpha value is -1.39. The van der Waals surface area contributed by atoms with Crippen molar-refractivity contribution >= 4 is 5.97 Å². The second-order valence-electron chi connectivity index (χ2n) is 8.45. The van der Waals surface area contributed by atoms with E-state index in [9.17, 15) is 9.90 Å². The molecule has 1 aromatic rings. The molecule has 1 heterocycles. The highest BCUT2D eigenvalue weighted by molar-refractivity contribution is 5.81. The summed E-state index contributed by atoms with van der Waals surface area (Å²) >= 11 is 0. The molecule has 138 valence electrons. The quantitative estimate of drug-likeness (QED) is 0.672. The molecule has 0 amide bonds. The summed E-state index contributed by atoms with van der Waals surface area (Å²) < 4.78 is 6.83. The van der Waals surface area contributed by atoms with Crippen molar-refractivity contribution in [1.29, 1.82) is 0 Å². The maximum atomic E-state index is 13.1. The average molecular weight is 346 g/mol. The first-order chi connectivity index (χ1) is 11.9. The Morgan fingerprint density at radius 3 is 2.24 bits per heavy atom. The first-order valence-electron chi connectivity index (χ1n) is 9.73. The van der Waals surface area contributed by atoms with E-state index >= 15 is 0 Å². The van der Waals surface area contributed by atoms with Crippen LogP contribution in [-0.2, 0) is 15.1 Å². The van der Waals surface area contributed by atoms with Crippen LogP contribution < -0.4 is 0 Å². The number of esters is 1. The van der Waals surface area contributed by atoms with E-state index in [0.29, 0.717) is 5.56 Å². The van der Waals surface area contributed by atoms with Gasteiger partial charge in [0, 0.05) is 18.8 Å². The summed E-state index contributed by atoms with van der Waals surface area (Å²) in [6.45, 7) is 2.01. The zero-order chi connectivity index (χ0) is 17.9. The molecule has 1 aromatic carbocycles. The van der Waals surface area contributed by atoms with Crippen molar-refractivity contribution in [3.8, 4) is 0 Å². The number of quaternary nitrogens is 1. The molecule has 0 bridgehead atoms. The number of ether oxygens (including phenoxy) is 1. The summed E-state index contributed by atoms with van der Waals surface area (Å²) in [6.07, 6.45) is 6.76. The molecule has 0 radical (unpaired) electrons. The van der Waals surface area contributed by atoms with Crippen molar-refractivity contribution in [3.63, 3.8) is 0 Å². The van der Waals surface area contributed by atoms with E-state index in [0.717, 1.165) is 56.1 Å². The molecule has 0 aromatic heterocycles. The minimum atomic E-state index is -1.51. The number of rotatable bonds is 4. The Balaban J connectivity index is 1.78. The fourth-order valence-corrected chi connectivity index (χ4v) is 4.33. The first kappa shape index (κ1) is 18.4. The molecule has 1 saturated heterocycles. The van der Waals surface area contributed by atoms with Crippen molar-refractivity contribution in [3.05, 3.63) is 35.9 Å². The number of piperidine rings is 1. The van der Waals surface area contributed by atoms with Gasteiger partial charge in [0.05, 0.1) is 27.2 Å². The molecular formula is C21H32NO3+. The molecule has 1 aliphatic heterocycles. The predicted octanol–water partition coefficient (Wildman–Crippen LogP) is 3.24. The number of nitrogens with zero attached hydrogens (tertiary/aromatic N) is 1. The van der Waals surface area contributed by atoms with Crippen LogP contribution in [0.15, 0.2) is 30.3 Å². The molecule has 4 nitrogen and oxygen atoms in total. The van der Waals surface area contributed by atoms with Gasteiger partial charge in [-0.25, -0.2) is 4.79 Å². The molecule has 0 unspecified atom stereocenters. The van der Waals surface area contributed by atoms with Gasteiger partial charge in [0.15, 0.2) is 5.60 Å². The van der Waals surface area contributed by atoms with Gasteiger partial charge in [0.2, 0.25) is 0 Å². The second kappa shape index (κ2) is 7.46. The van der Waals surface area contributed by atoms with Crippen molar-refractivity contribution in [2.45, 2.75) is 56.7 Å². The molecule has 3 rings (SSSR count). The number of hydrogen-bond donors (Lipinski definition) is 1. The van der Waals surface area contributed by atoms with E-state index in [1.54, 1.807) is 0 Å². The van der Waals surface area contributed by atoms with Crippen molar-refractivity contribution < 1.29 is 19.1 Å². The summed E-state index contributed by atoms with van der Waals surface area (Å²) in [5.74, 6) is -0.491. The number of aliphatic hydroxyl groups is 1. The maximum Gasteiger partial charge on any atom is 0.343 e. The van der Waals surface area contributed by atoms with Crippen molar-refractivity contribution in [1.82, 2.24) is 0 Å². The summed E-state index contributed by atoms with van der Waals surface area (Å²) in [4.78, 5) is 13.1. The lowest BCUT2D eigenvalue weighted by Gasteiger charge is -2.40. The Morgan fingerprint density at radius 2 is 1.64 bits per heavy atom. The number of likely N-dealkylation sites (tertiary alicyclic amines) is 1. The summed E-state index contributed by atoms with van der Waals surface area (Å²) in [5.41, 5.74) is -0.831. The molecule has 1 aliphatic carbocycles. The van der Waals surface area contributed by atoms with E-state index < -0.39 is 11.6 Å². The lowest BCUT2D eigenvalue weighted by atomic mass is 9.73. The minimum Gasteiger partial charge on any atom is -0.460 e. The second-order valence-corrected chi connectivity index (χ2v) is 8.45. The minimum absolute atomic E-state index is 0.0491. The van der Waals surface area contributed by atoms with Gasteiger partial charge < -0.3 is 14.3 Å². The van der Waals surface area contributed by atoms with Crippen LogP contribution in [0.5, 0.6) is 0 Å². The third-order valence-corrected chi connectivity index (χ3v) is 6.11. The van der Waals surface area contributed by atoms with Crippen molar-refractivity contribution in [2.75, 3.05) is 27.2 Å². The van der Waals surface area contributed by atoms with E-state index in [4.69, 9.17) is 4.74 Å². The van der Waals surface area contributed by atoms with Crippen LogP contribution >= 0.6 is 0 Å². The number of hydrogen-bond acceptors (Lipinski definition) is 3. The predicted molar refractivity (Wildman–Crippen MR) is 97.9 cm³/mol.